The lowest BCUT2D eigenvalue weighted by molar-refractivity contribution is 0.213. The van der Waals surface area contributed by atoms with E-state index >= 15 is 0 Å². The van der Waals surface area contributed by atoms with Crippen LogP contribution in [0.3, 0.4) is 0 Å². The first-order valence-corrected chi connectivity index (χ1v) is 10.2. The Kier molecular flexibility index (Phi) is 7.80. The molecule has 0 fully saturated rings. The molecule has 3 aromatic rings. The highest BCUT2D eigenvalue weighted by molar-refractivity contribution is 5.91. The van der Waals surface area contributed by atoms with Crippen LogP contribution in [0.4, 0.5) is 10.5 Å². The van der Waals surface area contributed by atoms with E-state index in [2.05, 4.69) is 22.5 Å². The van der Waals surface area contributed by atoms with Crippen molar-refractivity contribution in [2.45, 2.75) is 13.1 Å². The number of carbonyl (C=O) groups excluding carboxylic acids is 1. The fraction of sp³-hybridized carbons (Fsp3) is 0.240. The number of rotatable bonds is 10. The average molecular weight is 436 g/mol. The lowest BCUT2D eigenvalue weighted by atomic mass is 10.2. The number of nitrogens with one attached hydrogen (secondary N) is 1. The number of benzene rings is 2. The van der Waals surface area contributed by atoms with Crippen molar-refractivity contribution in [1.82, 2.24) is 9.47 Å². The third-order valence-electron chi connectivity index (χ3n) is 5.05. The van der Waals surface area contributed by atoms with E-state index in [0.29, 0.717) is 36.8 Å². The quantitative estimate of drug-likeness (QED) is 0.466. The van der Waals surface area contributed by atoms with Gasteiger partial charge >= 0.3 is 6.03 Å². The minimum absolute atomic E-state index is 0.248. The van der Waals surface area contributed by atoms with Crippen molar-refractivity contribution in [3.63, 3.8) is 0 Å². The summed E-state index contributed by atoms with van der Waals surface area (Å²) in [5, 5.41) is 2.93. The molecule has 0 aliphatic carbocycles. The Morgan fingerprint density at radius 2 is 1.81 bits per heavy atom. The summed E-state index contributed by atoms with van der Waals surface area (Å²) in [4.78, 5) is 14.7. The maximum atomic E-state index is 13.1. The predicted octanol–water partition coefficient (Wildman–Crippen LogP) is 4.78. The van der Waals surface area contributed by atoms with Crippen LogP contribution in [0.1, 0.15) is 11.3 Å². The number of amides is 2. The fourth-order valence-electron chi connectivity index (χ4n) is 3.38. The summed E-state index contributed by atoms with van der Waals surface area (Å²) in [5.41, 5.74) is 2.69. The number of hydrogen-bond donors (Lipinski definition) is 1. The molecule has 0 radical (unpaired) electrons. The molecule has 32 heavy (non-hydrogen) atoms. The SMILES string of the molecule is C=CCN(Cc1cccn1Cc1cccc(OC)c1)C(=O)Nc1ccc(OC)cc1OC. The van der Waals surface area contributed by atoms with Gasteiger partial charge in [0, 0.05) is 31.0 Å². The number of carbonyl (C=O) groups is 1. The molecule has 0 spiro atoms. The van der Waals surface area contributed by atoms with Crippen molar-refractivity contribution in [2.75, 3.05) is 33.2 Å². The van der Waals surface area contributed by atoms with Crippen molar-refractivity contribution in [3.8, 4) is 17.2 Å². The monoisotopic (exact) mass is 435 g/mol. The van der Waals surface area contributed by atoms with Crippen LogP contribution in [-0.4, -0.2) is 43.4 Å². The Hall–Kier alpha value is -3.87. The molecule has 0 aliphatic rings. The van der Waals surface area contributed by atoms with Crippen LogP contribution in [0.5, 0.6) is 17.2 Å². The summed E-state index contributed by atoms with van der Waals surface area (Å²) in [6.07, 6.45) is 3.71. The van der Waals surface area contributed by atoms with Crippen LogP contribution in [0.15, 0.2) is 73.4 Å². The first-order chi connectivity index (χ1) is 15.6. The molecular formula is C25H29N3O4. The summed E-state index contributed by atoms with van der Waals surface area (Å²) in [6.45, 7) is 5.30. The molecule has 2 amide bonds. The van der Waals surface area contributed by atoms with Crippen molar-refractivity contribution >= 4 is 11.7 Å². The molecule has 2 aromatic carbocycles. The third-order valence-corrected chi connectivity index (χ3v) is 5.05. The van der Waals surface area contributed by atoms with E-state index in [-0.39, 0.29) is 6.03 Å². The molecule has 0 bridgehead atoms. The molecule has 1 aromatic heterocycles. The molecule has 7 nitrogen and oxygen atoms in total. The summed E-state index contributed by atoms with van der Waals surface area (Å²) in [7, 11) is 4.79. The highest BCUT2D eigenvalue weighted by Gasteiger charge is 2.17. The zero-order chi connectivity index (χ0) is 22.9. The largest absolute Gasteiger partial charge is 0.497 e. The van der Waals surface area contributed by atoms with Gasteiger partial charge in [0.25, 0.3) is 0 Å². The van der Waals surface area contributed by atoms with Crippen LogP contribution < -0.4 is 19.5 Å². The molecule has 0 aliphatic heterocycles. The van der Waals surface area contributed by atoms with E-state index in [1.54, 1.807) is 50.5 Å². The first kappa shape index (κ1) is 22.8. The van der Waals surface area contributed by atoms with Crippen molar-refractivity contribution in [2.24, 2.45) is 0 Å². The number of urea groups is 1. The van der Waals surface area contributed by atoms with Crippen molar-refractivity contribution in [1.29, 1.82) is 0 Å². The number of nitrogens with zero attached hydrogens (tertiary/aromatic N) is 2. The van der Waals surface area contributed by atoms with E-state index in [1.165, 1.54) is 0 Å². The third kappa shape index (κ3) is 5.63. The summed E-state index contributed by atoms with van der Waals surface area (Å²) in [5.74, 6) is 1.99. The second-order valence-electron chi connectivity index (χ2n) is 7.14. The smallest absolute Gasteiger partial charge is 0.322 e. The molecular weight excluding hydrogens is 406 g/mol. The van der Waals surface area contributed by atoms with Gasteiger partial charge in [-0.1, -0.05) is 18.2 Å². The first-order valence-electron chi connectivity index (χ1n) is 10.2. The van der Waals surface area contributed by atoms with Gasteiger partial charge in [-0.2, -0.15) is 0 Å². The zero-order valence-electron chi connectivity index (χ0n) is 18.7. The maximum absolute atomic E-state index is 13.1. The van der Waals surface area contributed by atoms with Gasteiger partial charge in [0.05, 0.1) is 33.6 Å². The van der Waals surface area contributed by atoms with Gasteiger partial charge in [-0.05, 0) is 42.0 Å². The van der Waals surface area contributed by atoms with Gasteiger partial charge in [-0.15, -0.1) is 6.58 Å². The molecule has 0 unspecified atom stereocenters. The average Bonchev–Trinajstić information content (AvgIpc) is 3.25. The maximum Gasteiger partial charge on any atom is 0.322 e. The fourth-order valence-corrected chi connectivity index (χ4v) is 3.38. The van der Waals surface area contributed by atoms with Gasteiger partial charge in [0.15, 0.2) is 0 Å². The molecule has 0 atom stereocenters. The Bertz CT molecular complexity index is 1060. The van der Waals surface area contributed by atoms with Gasteiger partial charge in [-0.3, -0.25) is 0 Å². The molecule has 0 saturated heterocycles. The number of aromatic nitrogens is 1. The van der Waals surface area contributed by atoms with Crippen molar-refractivity contribution < 1.29 is 19.0 Å². The second-order valence-corrected chi connectivity index (χ2v) is 7.14. The van der Waals surface area contributed by atoms with Gasteiger partial charge in [0.2, 0.25) is 0 Å². The molecule has 7 heteroatoms. The predicted molar refractivity (Wildman–Crippen MR) is 126 cm³/mol. The van der Waals surface area contributed by atoms with Gasteiger partial charge in [0.1, 0.15) is 17.2 Å². The van der Waals surface area contributed by atoms with Crippen LogP contribution in [-0.2, 0) is 13.1 Å². The summed E-state index contributed by atoms with van der Waals surface area (Å²) in [6, 6.07) is 17.0. The highest BCUT2D eigenvalue weighted by Crippen LogP contribution is 2.29. The van der Waals surface area contributed by atoms with Crippen LogP contribution >= 0.6 is 0 Å². The Morgan fingerprint density at radius 3 is 2.53 bits per heavy atom. The normalized spacial score (nSPS) is 10.3. The molecule has 1 heterocycles. The van der Waals surface area contributed by atoms with Crippen molar-refractivity contribution in [3.05, 3.63) is 84.7 Å². The number of methoxy groups -OCH3 is 3. The molecule has 168 valence electrons. The second kappa shape index (κ2) is 10.9. The van der Waals surface area contributed by atoms with Gasteiger partial charge in [-0.25, -0.2) is 4.79 Å². The van der Waals surface area contributed by atoms with E-state index in [0.717, 1.165) is 17.0 Å². The lowest BCUT2D eigenvalue weighted by Crippen LogP contribution is -2.35. The standard InChI is InChI=1S/C25H29N3O4/c1-5-13-28(25(29)26-23-12-11-22(31-3)16-24(23)32-4)18-20-9-7-14-27(20)17-19-8-6-10-21(15-19)30-2/h5-12,14-16H,1,13,17-18H2,2-4H3,(H,26,29). The van der Waals surface area contributed by atoms with E-state index in [4.69, 9.17) is 14.2 Å². The number of ether oxygens (including phenoxy) is 3. The van der Waals surface area contributed by atoms with Crippen LogP contribution in [0, 0.1) is 0 Å². The highest BCUT2D eigenvalue weighted by atomic mass is 16.5. The van der Waals surface area contributed by atoms with Crippen LogP contribution in [0.2, 0.25) is 0 Å². The molecule has 3 rings (SSSR count). The van der Waals surface area contributed by atoms with Crippen LogP contribution in [0.25, 0.3) is 0 Å². The minimum atomic E-state index is -0.248. The Balaban J connectivity index is 1.75. The summed E-state index contributed by atoms with van der Waals surface area (Å²) < 4.78 is 18.1. The summed E-state index contributed by atoms with van der Waals surface area (Å²) >= 11 is 0. The van der Waals surface area contributed by atoms with E-state index in [1.807, 2.05) is 36.5 Å². The zero-order valence-corrected chi connectivity index (χ0v) is 18.7. The Morgan fingerprint density at radius 1 is 1.03 bits per heavy atom. The molecule has 0 saturated carbocycles. The van der Waals surface area contributed by atoms with E-state index in [9.17, 15) is 4.79 Å². The number of anilines is 1. The topological polar surface area (TPSA) is 65.0 Å². The lowest BCUT2D eigenvalue weighted by Gasteiger charge is -2.23. The molecule has 1 N–H and O–H groups in total. The van der Waals surface area contributed by atoms with E-state index < -0.39 is 0 Å². The number of hydrogen-bond acceptors (Lipinski definition) is 4. The minimum Gasteiger partial charge on any atom is -0.497 e. The Labute approximate surface area is 188 Å². The van der Waals surface area contributed by atoms with Gasteiger partial charge < -0.3 is 29.0 Å².